The lowest BCUT2D eigenvalue weighted by Crippen LogP contribution is -2.12. The highest BCUT2D eigenvalue weighted by Crippen LogP contribution is 2.30. The Bertz CT molecular complexity index is 1240. The minimum absolute atomic E-state index is 0.412. The molecule has 0 aliphatic carbocycles. The highest BCUT2D eigenvalue weighted by atomic mass is 16.5. The van der Waals surface area contributed by atoms with Crippen molar-refractivity contribution >= 4 is 11.0 Å². The molecule has 5 heteroatoms. The van der Waals surface area contributed by atoms with Crippen LogP contribution in [0.2, 0.25) is 0 Å². The van der Waals surface area contributed by atoms with E-state index in [1.165, 1.54) is 11.1 Å². The second-order valence-corrected chi connectivity index (χ2v) is 8.58. The molecule has 0 aliphatic rings. The van der Waals surface area contributed by atoms with E-state index >= 15 is 0 Å². The molecule has 0 bridgehead atoms. The van der Waals surface area contributed by atoms with E-state index in [0.717, 1.165) is 39.7 Å². The number of rotatable bonds is 9. The van der Waals surface area contributed by atoms with Crippen molar-refractivity contribution in [3.8, 4) is 17.2 Å². The number of ether oxygens (including phenoxy) is 3. The highest BCUT2D eigenvalue weighted by Gasteiger charge is 2.14. The van der Waals surface area contributed by atoms with Gasteiger partial charge in [-0.05, 0) is 59.9 Å². The predicted molar refractivity (Wildman–Crippen MR) is 133 cm³/mol. The van der Waals surface area contributed by atoms with Gasteiger partial charge in [0.25, 0.3) is 0 Å². The Morgan fingerprint density at radius 2 is 1.67 bits per heavy atom. The molecule has 172 valence electrons. The molecule has 0 aliphatic heterocycles. The molecule has 0 unspecified atom stereocenters. The first kappa shape index (κ1) is 22.7. The summed E-state index contributed by atoms with van der Waals surface area (Å²) in [5.41, 5.74) is 5.67. The molecule has 0 saturated heterocycles. The Kier molecular flexibility index (Phi) is 6.87. The quantitative estimate of drug-likeness (QED) is 0.310. The maximum absolute atomic E-state index is 6.29. The van der Waals surface area contributed by atoms with Gasteiger partial charge in [0.05, 0.1) is 31.8 Å². The molecule has 33 heavy (non-hydrogen) atoms. The molecular weight excluding hydrogens is 412 g/mol. The Hall–Kier alpha value is -3.47. The van der Waals surface area contributed by atoms with Gasteiger partial charge >= 0.3 is 0 Å². The SMILES string of the molecule is COc1ccc(Cc2nc3ccccc3n2CCOc2cc(C)ccc2C(C)C)cc1OC. The number of aryl methyl sites for hydroxylation is 1. The second-order valence-electron chi connectivity index (χ2n) is 8.58. The van der Waals surface area contributed by atoms with E-state index in [1.807, 2.05) is 18.2 Å². The smallest absolute Gasteiger partial charge is 0.161 e. The predicted octanol–water partition coefficient (Wildman–Crippen LogP) is 6.16. The third kappa shape index (κ3) is 4.98. The van der Waals surface area contributed by atoms with Gasteiger partial charge in [-0.3, -0.25) is 0 Å². The number of aromatic nitrogens is 2. The summed E-state index contributed by atoms with van der Waals surface area (Å²) in [6.07, 6.45) is 0.691. The molecule has 0 spiro atoms. The average Bonchev–Trinajstić information content (AvgIpc) is 3.15. The lowest BCUT2D eigenvalue weighted by Gasteiger charge is -2.16. The van der Waals surface area contributed by atoms with E-state index in [-0.39, 0.29) is 0 Å². The maximum Gasteiger partial charge on any atom is 0.161 e. The fourth-order valence-corrected chi connectivity index (χ4v) is 4.17. The molecule has 0 atom stereocenters. The lowest BCUT2D eigenvalue weighted by atomic mass is 10.0. The van der Waals surface area contributed by atoms with E-state index < -0.39 is 0 Å². The maximum atomic E-state index is 6.29. The molecule has 0 radical (unpaired) electrons. The van der Waals surface area contributed by atoms with Crippen molar-refractivity contribution in [2.45, 2.75) is 39.7 Å². The molecule has 1 heterocycles. The molecule has 5 nitrogen and oxygen atoms in total. The van der Waals surface area contributed by atoms with E-state index in [1.54, 1.807) is 14.2 Å². The van der Waals surface area contributed by atoms with Gasteiger partial charge in [0, 0.05) is 6.42 Å². The number of benzene rings is 3. The zero-order chi connectivity index (χ0) is 23.4. The molecule has 4 aromatic rings. The summed E-state index contributed by atoms with van der Waals surface area (Å²) in [7, 11) is 3.31. The van der Waals surface area contributed by atoms with Crippen molar-refractivity contribution in [2.75, 3.05) is 20.8 Å². The van der Waals surface area contributed by atoms with Crippen LogP contribution in [-0.2, 0) is 13.0 Å². The number of hydrogen-bond acceptors (Lipinski definition) is 4. The van der Waals surface area contributed by atoms with Crippen molar-refractivity contribution in [3.05, 3.63) is 83.2 Å². The Balaban J connectivity index is 1.59. The van der Waals surface area contributed by atoms with Crippen LogP contribution in [0.3, 0.4) is 0 Å². The number of nitrogens with zero attached hydrogens (tertiary/aromatic N) is 2. The largest absolute Gasteiger partial charge is 0.493 e. The number of imidazole rings is 1. The molecule has 0 saturated carbocycles. The van der Waals surface area contributed by atoms with Crippen molar-refractivity contribution in [3.63, 3.8) is 0 Å². The molecule has 4 rings (SSSR count). The summed E-state index contributed by atoms with van der Waals surface area (Å²) < 4.78 is 19.4. The lowest BCUT2D eigenvalue weighted by molar-refractivity contribution is 0.294. The van der Waals surface area contributed by atoms with Gasteiger partial charge in [-0.15, -0.1) is 0 Å². The van der Waals surface area contributed by atoms with Crippen LogP contribution < -0.4 is 14.2 Å². The van der Waals surface area contributed by atoms with Gasteiger partial charge in [0.2, 0.25) is 0 Å². The minimum Gasteiger partial charge on any atom is -0.493 e. The topological polar surface area (TPSA) is 45.5 Å². The standard InChI is InChI=1S/C28H32N2O3/c1-19(2)22-12-10-20(3)16-26(22)33-15-14-30-24-9-7-6-8-23(24)29-28(30)18-21-11-13-25(31-4)27(17-21)32-5/h6-13,16-17,19H,14-15,18H2,1-5H3. The summed E-state index contributed by atoms with van der Waals surface area (Å²) in [6.45, 7) is 7.78. The molecule has 1 aromatic heterocycles. The number of para-hydroxylation sites is 2. The van der Waals surface area contributed by atoms with Gasteiger partial charge in [-0.1, -0.05) is 44.2 Å². The van der Waals surface area contributed by atoms with Crippen molar-refractivity contribution < 1.29 is 14.2 Å². The van der Waals surface area contributed by atoms with Crippen LogP contribution in [0, 0.1) is 6.92 Å². The Morgan fingerprint density at radius 3 is 2.42 bits per heavy atom. The molecule has 3 aromatic carbocycles. The summed E-state index contributed by atoms with van der Waals surface area (Å²) in [4.78, 5) is 4.93. The first-order chi connectivity index (χ1) is 16.0. The van der Waals surface area contributed by atoms with Crippen molar-refractivity contribution in [1.29, 1.82) is 0 Å². The Morgan fingerprint density at radius 1 is 0.879 bits per heavy atom. The Labute approximate surface area is 195 Å². The summed E-state index contributed by atoms with van der Waals surface area (Å²) in [5, 5.41) is 0. The summed E-state index contributed by atoms with van der Waals surface area (Å²) in [6, 6.07) is 20.7. The van der Waals surface area contributed by atoms with Crippen molar-refractivity contribution in [1.82, 2.24) is 9.55 Å². The van der Waals surface area contributed by atoms with Gasteiger partial charge in [0.15, 0.2) is 11.5 Å². The van der Waals surface area contributed by atoms with Gasteiger partial charge in [0.1, 0.15) is 18.2 Å². The highest BCUT2D eigenvalue weighted by molar-refractivity contribution is 5.76. The third-order valence-electron chi connectivity index (χ3n) is 5.91. The van der Waals surface area contributed by atoms with E-state index in [4.69, 9.17) is 19.2 Å². The fourth-order valence-electron chi connectivity index (χ4n) is 4.17. The second kappa shape index (κ2) is 9.99. The van der Waals surface area contributed by atoms with E-state index in [0.29, 0.717) is 25.5 Å². The first-order valence-corrected chi connectivity index (χ1v) is 11.4. The van der Waals surface area contributed by atoms with Crippen LogP contribution in [0.25, 0.3) is 11.0 Å². The van der Waals surface area contributed by atoms with E-state index in [9.17, 15) is 0 Å². The summed E-state index contributed by atoms with van der Waals surface area (Å²) >= 11 is 0. The van der Waals surface area contributed by atoms with Gasteiger partial charge < -0.3 is 18.8 Å². The zero-order valence-electron chi connectivity index (χ0n) is 20.1. The number of methoxy groups -OCH3 is 2. The van der Waals surface area contributed by atoms with Crippen LogP contribution in [0.1, 0.15) is 42.3 Å². The molecule has 0 fully saturated rings. The van der Waals surface area contributed by atoms with Gasteiger partial charge in [-0.25, -0.2) is 4.98 Å². The number of fused-ring (bicyclic) bond motifs is 1. The van der Waals surface area contributed by atoms with Crippen molar-refractivity contribution in [2.24, 2.45) is 0 Å². The first-order valence-electron chi connectivity index (χ1n) is 11.4. The van der Waals surface area contributed by atoms with Crippen LogP contribution in [0.4, 0.5) is 0 Å². The third-order valence-corrected chi connectivity index (χ3v) is 5.91. The summed E-state index contributed by atoms with van der Waals surface area (Å²) in [5.74, 6) is 3.83. The molecule has 0 amide bonds. The minimum atomic E-state index is 0.412. The van der Waals surface area contributed by atoms with Gasteiger partial charge in [-0.2, -0.15) is 0 Å². The van der Waals surface area contributed by atoms with Crippen LogP contribution >= 0.6 is 0 Å². The molecular formula is C28H32N2O3. The average molecular weight is 445 g/mol. The zero-order valence-corrected chi connectivity index (χ0v) is 20.1. The fraction of sp³-hybridized carbons (Fsp3) is 0.321. The normalized spacial score (nSPS) is 11.2. The number of hydrogen-bond donors (Lipinski definition) is 0. The van der Waals surface area contributed by atoms with Crippen LogP contribution in [-0.4, -0.2) is 30.4 Å². The monoisotopic (exact) mass is 444 g/mol. The van der Waals surface area contributed by atoms with E-state index in [2.05, 4.69) is 67.8 Å². The van der Waals surface area contributed by atoms with Crippen LogP contribution in [0.15, 0.2) is 60.7 Å². The molecule has 0 N–H and O–H groups in total. The van der Waals surface area contributed by atoms with Crippen LogP contribution in [0.5, 0.6) is 17.2 Å².